The van der Waals surface area contributed by atoms with Crippen molar-refractivity contribution in [2.75, 3.05) is 13.6 Å². The van der Waals surface area contributed by atoms with Gasteiger partial charge in [-0.05, 0) is 41.1 Å². The van der Waals surface area contributed by atoms with Gasteiger partial charge in [0.15, 0.2) is 0 Å². The Balaban J connectivity index is 1.76. The number of rotatable bonds is 5. The molecule has 2 heterocycles. The van der Waals surface area contributed by atoms with Crippen LogP contribution in [0.5, 0.6) is 0 Å². The van der Waals surface area contributed by atoms with E-state index in [0.29, 0.717) is 11.4 Å². The van der Waals surface area contributed by atoms with E-state index in [1.807, 2.05) is 23.6 Å². The third-order valence-corrected chi connectivity index (χ3v) is 6.56. The fraction of sp³-hybridized carbons (Fsp3) is 0.333. The van der Waals surface area contributed by atoms with E-state index in [4.69, 9.17) is 0 Å². The molecule has 2 aromatic rings. The van der Waals surface area contributed by atoms with Crippen molar-refractivity contribution in [2.24, 2.45) is 0 Å². The SMILES string of the molecule is CN(CCc1cccs1)S(=O)(=O)c1ccc2c(c1)CNC2. The lowest BCUT2D eigenvalue weighted by Gasteiger charge is -2.17. The molecule has 0 saturated heterocycles. The van der Waals surface area contributed by atoms with E-state index in [2.05, 4.69) is 5.32 Å². The van der Waals surface area contributed by atoms with Crippen molar-refractivity contribution >= 4 is 21.4 Å². The quantitative estimate of drug-likeness (QED) is 0.918. The van der Waals surface area contributed by atoms with Crippen LogP contribution in [0, 0.1) is 0 Å². The molecule has 0 spiro atoms. The van der Waals surface area contributed by atoms with E-state index in [-0.39, 0.29) is 0 Å². The first-order valence-electron chi connectivity index (χ1n) is 6.88. The first-order chi connectivity index (χ1) is 10.1. The molecule has 21 heavy (non-hydrogen) atoms. The summed E-state index contributed by atoms with van der Waals surface area (Å²) in [5.41, 5.74) is 2.28. The van der Waals surface area contributed by atoms with Crippen LogP contribution in [0.25, 0.3) is 0 Å². The molecule has 4 nitrogen and oxygen atoms in total. The third-order valence-electron chi connectivity index (χ3n) is 3.77. The van der Waals surface area contributed by atoms with Crippen molar-refractivity contribution in [2.45, 2.75) is 24.4 Å². The molecule has 3 rings (SSSR count). The molecule has 1 N–H and O–H groups in total. The predicted molar refractivity (Wildman–Crippen MR) is 84.8 cm³/mol. The molecule has 1 aromatic carbocycles. The van der Waals surface area contributed by atoms with E-state index in [9.17, 15) is 8.42 Å². The van der Waals surface area contributed by atoms with E-state index in [1.54, 1.807) is 30.5 Å². The molecule has 1 aliphatic rings. The average Bonchev–Trinajstić information content (AvgIpc) is 3.14. The van der Waals surface area contributed by atoms with Crippen molar-refractivity contribution in [3.8, 4) is 0 Å². The van der Waals surface area contributed by atoms with Crippen molar-refractivity contribution in [1.82, 2.24) is 9.62 Å². The number of hydrogen-bond acceptors (Lipinski definition) is 4. The summed E-state index contributed by atoms with van der Waals surface area (Å²) in [6.45, 7) is 2.07. The van der Waals surface area contributed by atoms with Gasteiger partial charge in [-0.3, -0.25) is 0 Å². The molecule has 112 valence electrons. The van der Waals surface area contributed by atoms with Gasteiger partial charge in [0.1, 0.15) is 0 Å². The normalized spacial score (nSPS) is 14.6. The smallest absolute Gasteiger partial charge is 0.242 e. The van der Waals surface area contributed by atoms with Crippen LogP contribution in [0.2, 0.25) is 0 Å². The van der Waals surface area contributed by atoms with Gasteiger partial charge in [0.05, 0.1) is 4.90 Å². The van der Waals surface area contributed by atoms with Gasteiger partial charge in [-0.15, -0.1) is 11.3 Å². The van der Waals surface area contributed by atoms with E-state index in [0.717, 1.165) is 25.1 Å². The van der Waals surface area contributed by atoms with Gasteiger partial charge >= 0.3 is 0 Å². The summed E-state index contributed by atoms with van der Waals surface area (Å²) < 4.78 is 26.6. The lowest BCUT2D eigenvalue weighted by atomic mass is 10.1. The number of nitrogens with one attached hydrogen (secondary N) is 1. The summed E-state index contributed by atoms with van der Waals surface area (Å²) in [5, 5.41) is 5.24. The van der Waals surface area contributed by atoms with Crippen LogP contribution < -0.4 is 5.32 Å². The Morgan fingerprint density at radius 2 is 2.05 bits per heavy atom. The Bertz CT molecular complexity index is 724. The van der Waals surface area contributed by atoms with Gasteiger partial charge in [-0.1, -0.05) is 12.1 Å². The highest BCUT2D eigenvalue weighted by Crippen LogP contribution is 2.22. The molecule has 0 aliphatic carbocycles. The molecule has 0 amide bonds. The lowest BCUT2D eigenvalue weighted by Crippen LogP contribution is -2.29. The van der Waals surface area contributed by atoms with E-state index in [1.165, 1.54) is 14.7 Å². The number of sulfonamides is 1. The van der Waals surface area contributed by atoms with Crippen LogP contribution in [0.3, 0.4) is 0 Å². The largest absolute Gasteiger partial charge is 0.309 e. The minimum Gasteiger partial charge on any atom is -0.309 e. The van der Waals surface area contributed by atoms with Gasteiger partial charge in [0.2, 0.25) is 10.0 Å². The zero-order valence-electron chi connectivity index (χ0n) is 11.9. The zero-order valence-corrected chi connectivity index (χ0v) is 13.5. The Hall–Kier alpha value is -1.21. The van der Waals surface area contributed by atoms with Crippen molar-refractivity contribution < 1.29 is 8.42 Å². The first kappa shape index (κ1) is 14.7. The molecule has 0 radical (unpaired) electrons. The van der Waals surface area contributed by atoms with E-state index >= 15 is 0 Å². The van der Waals surface area contributed by atoms with Crippen molar-refractivity contribution in [1.29, 1.82) is 0 Å². The van der Waals surface area contributed by atoms with Gasteiger partial charge in [0, 0.05) is 31.6 Å². The van der Waals surface area contributed by atoms with Crippen LogP contribution >= 0.6 is 11.3 Å². The van der Waals surface area contributed by atoms with Crippen molar-refractivity contribution in [3.05, 3.63) is 51.7 Å². The highest BCUT2D eigenvalue weighted by atomic mass is 32.2. The van der Waals surface area contributed by atoms with Crippen LogP contribution in [-0.4, -0.2) is 26.3 Å². The molecular formula is C15H18N2O2S2. The number of nitrogens with zero attached hydrogens (tertiary/aromatic N) is 1. The highest BCUT2D eigenvalue weighted by molar-refractivity contribution is 7.89. The Morgan fingerprint density at radius 1 is 1.24 bits per heavy atom. The van der Waals surface area contributed by atoms with Crippen LogP contribution in [0.15, 0.2) is 40.6 Å². The molecule has 1 aliphatic heterocycles. The van der Waals surface area contributed by atoms with Gasteiger partial charge < -0.3 is 5.32 Å². The molecule has 0 atom stereocenters. The molecular weight excluding hydrogens is 304 g/mol. The second-order valence-corrected chi connectivity index (χ2v) is 8.27. The average molecular weight is 322 g/mol. The molecule has 0 bridgehead atoms. The predicted octanol–water partition coefficient (Wildman–Crippen LogP) is 2.21. The number of benzene rings is 1. The number of fused-ring (bicyclic) bond motifs is 1. The maximum atomic E-state index is 12.6. The first-order valence-corrected chi connectivity index (χ1v) is 9.20. The summed E-state index contributed by atoms with van der Waals surface area (Å²) >= 11 is 1.66. The summed E-state index contributed by atoms with van der Waals surface area (Å²) in [6.07, 6.45) is 0.750. The molecule has 0 unspecified atom stereocenters. The molecule has 0 saturated carbocycles. The van der Waals surface area contributed by atoms with Gasteiger partial charge in [-0.25, -0.2) is 12.7 Å². The maximum absolute atomic E-state index is 12.6. The standard InChI is InChI=1S/C15H18N2O2S2/c1-17(7-6-14-3-2-8-20-14)21(18,19)15-5-4-12-10-16-11-13(12)9-15/h2-5,8-9,16H,6-7,10-11H2,1H3. The maximum Gasteiger partial charge on any atom is 0.242 e. The van der Waals surface area contributed by atoms with Gasteiger partial charge in [0.25, 0.3) is 0 Å². The minimum absolute atomic E-state index is 0.388. The summed E-state index contributed by atoms with van der Waals surface area (Å²) in [5.74, 6) is 0. The molecule has 6 heteroatoms. The monoisotopic (exact) mass is 322 g/mol. The zero-order chi connectivity index (χ0) is 14.9. The summed E-state index contributed by atoms with van der Waals surface area (Å²) in [6, 6.07) is 9.44. The Labute approximate surface area is 129 Å². The topological polar surface area (TPSA) is 49.4 Å². The molecule has 0 fully saturated rings. The fourth-order valence-electron chi connectivity index (χ4n) is 2.45. The van der Waals surface area contributed by atoms with E-state index < -0.39 is 10.0 Å². The Morgan fingerprint density at radius 3 is 2.81 bits per heavy atom. The number of likely N-dealkylation sites (N-methyl/N-ethyl adjacent to an activating group) is 1. The van der Waals surface area contributed by atoms with Crippen LogP contribution in [0.1, 0.15) is 16.0 Å². The number of hydrogen-bond donors (Lipinski definition) is 1. The Kier molecular flexibility index (Phi) is 4.12. The second kappa shape index (κ2) is 5.88. The van der Waals surface area contributed by atoms with Gasteiger partial charge in [-0.2, -0.15) is 0 Å². The van der Waals surface area contributed by atoms with Crippen LogP contribution in [0.4, 0.5) is 0 Å². The number of thiophene rings is 1. The molecule has 1 aromatic heterocycles. The minimum atomic E-state index is -3.40. The lowest BCUT2D eigenvalue weighted by molar-refractivity contribution is 0.473. The summed E-state index contributed by atoms with van der Waals surface area (Å²) in [7, 11) is -1.76. The summed E-state index contributed by atoms with van der Waals surface area (Å²) in [4.78, 5) is 1.59. The van der Waals surface area contributed by atoms with Crippen LogP contribution in [-0.2, 0) is 29.5 Å². The van der Waals surface area contributed by atoms with Crippen molar-refractivity contribution in [3.63, 3.8) is 0 Å². The second-order valence-electron chi connectivity index (χ2n) is 5.19. The highest BCUT2D eigenvalue weighted by Gasteiger charge is 2.22. The third kappa shape index (κ3) is 3.03. The fourth-order valence-corrected chi connectivity index (χ4v) is 4.38.